The van der Waals surface area contributed by atoms with Crippen molar-refractivity contribution in [2.75, 3.05) is 9.80 Å². The minimum atomic E-state index is 1.01. The van der Waals surface area contributed by atoms with Gasteiger partial charge in [-0.1, -0.05) is 212 Å². The van der Waals surface area contributed by atoms with Crippen LogP contribution in [0, 0.1) is 0 Å². The maximum atomic E-state index is 2.49. The van der Waals surface area contributed by atoms with Crippen molar-refractivity contribution in [3.05, 3.63) is 328 Å². The van der Waals surface area contributed by atoms with E-state index in [1.807, 2.05) is 0 Å². The van der Waals surface area contributed by atoms with Crippen LogP contribution in [0.3, 0.4) is 0 Å². The first-order chi connectivity index (χ1) is 41.7. The quantitative estimate of drug-likeness (QED) is 0.120. The second kappa shape index (κ2) is 20.4. The van der Waals surface area contributed by atoms with E-state index in [2.05, 4.69) is 347 Å². The Balaban J connectivity index is 0.996. The molecule has 0 aliphatic carbocycles. The smallest absolute Gasteiger partial charge is 0.0561 e. The fraction of sp³-hybridized carbons (Fsp3) is 0. The van der Waals surface area contributed by atoms with Crippen molar-refractivity contribution in [3.63, 3.8) is 0 Å². The van der Waals surface area contributed by atoms with Gasteiger partial charge in [0, 0.05) is 67.0 Å². The number of hydrogen-bond acceptors (Lipinski definition) is 2. The van der Waals surface area contributed by atoms with Gasteiger partial charge in [0.25, 0.3) is 0 Å². The van der Waals surface area contributed by atoms with Gasteiger partial charge < -0.3 is 18.9 Å². The molecule has 0 fully saturated rings. The van der Waals surface area contributed by atoms with Gasteiger partial charge in [-0.25, -0.2) is 0 Å². The van der Waals surface area contributed by atoms with Crippen molar-refractivity contribution in [2.24, 2.45) is 0 Å². The second-order valence-electron chi connectivity index (χ2n) is 21.7. The minimum absolute atomic E-state index is 1.01. The Hall–Kier alpha value is -11.2. The van der Waals surface area contributed by atoms with E-state index < -0.39 is 0 Å². The number of nitrogens with zero attached hydrogens (tertiary/aromatic N) is 4. The summed E-state index contributed by atoms with van der Waals surface area (Å²) in [5.74, 6) is 0. The zero-order valence-corrected chi connectivity index (χ0v) is 46.0. The fourth-order valence-corrected chi connectivity index (χ4v) is 13.0. The van der Waals surface area contributed by atoms with E-state index in [1.54, 1.807) is 0 Å². The Kier molecular flexibility index (Phi) is 11.8. The first-order valence-electron chi connectivity index (χ1n) is 28.8. The molecule has 16 rings (SSSR count). The van der Waals surface area contributed by atoms with Gasteiger partial charge in [0.05, 0.1) is 22.1 Å². The van der Waals surface area contributed by atoms with E-state index in [0.717, 1.165) is 89.8 Å². The Morgan fingerprint density at radius 3 is 1.17 bits per heavy atom. The SMILES string of the molecule is c1ccc(-c2ccc(N(c3ccc(-c4ccccc4)cc3)c3cc(-c4cc5ccccc5c5ccccc45)cc(N(c4ccc5c(c4)c4ccccc4n5-c4ccccc4)c4ccc5c6ccccc6n(-c6ccccc6)c5c4)c3)cc2)cc1. The molecule has 0 saturated carbocycles. The van der Waals surface area contributed by atoms with Crippen molar-refractivity contribution < 1.29 is 0 Å². The molecule has 4 nitrogen and oxygen atoms in total. The molecule has 0 bridgehead atoms. The molecule has 0 amide bonds. The minimum Gasteiger partial charge on any atom is -0.310 e. The van der Waals surface area contributed by atoms with E-state index in [-0.39, 0.29) is 0 Å². The van der Waals surface area contributed by atoms with Gasteiger partial charge in [-0.2, -0.15) is 0 Å². The van der Waals surface area contributed by atoms with Gasteiger partial charge in [0.1, 0.15) is 0 Å². The lowest BCUT2D eigenvalue weighted by Gasteiger charge is -2.31. The second-order valence-corrected chi connectivity index (χ2v) is 21.7. The van der Waals surface area contributed by atoms with Crippen LogP contribution >= 0.6 is 0 Å². The summed E-state index contributed by atoms with van der Waals surface area (Å²) in [5, 5.41) is 9.62. The van der Waals surface area contributed by atoms with E-state index in [1.165, 1.54) is 54.2 Å². The number of para-hydroxylation sites is 4. The number of fused-ring (bicyclic) bond motifs is 9. The third-order valence-electron chi connectivity index (χ3n) is 16.8. The molecule has 14 aromatic carbocycles. The van der Waals surface area contributed by atoms with E-state index in [0.29, 0.717) is 0 Å². The van der Waals surface area contributed by atoms with Crippen molar-refractivity contribution in [2.45, 2.75) is 0 Å². The third kappa shape index (κ3) is 8.39. The third-order valence-corrected chi connectivity index (χ3v) is 16.8. The summed E-state index contributed by atoms with van der Waals surface area (Å²) < 4.78 is 4.82. The van der Waals surface area contributed by atoms with Crippen LogP contribution in [-0.2, 0) is 0 Å². The van der Waals surface area contributed by atoms with Crippen LogP contribution in [0.5, 0.6) is 0 Å². The summed E-state index contributed by atoms with van der Waals surface area (Å²) in [6.45, 7) is 0. The lowest BCUT2D eigenvalue weighted by Crippen LogP contribution is -2.14. The predicted octanol–water partition coefficient (Wildman–Crippen LogP) is 22.1. The molecule has 0 spiro atoms. The Morgan fingerprint density at radius 1 is 0.190 bits per heavy atom. The van der Waals surface area contributed by atoms with Crippen LogP contribution in [0.4, 0.5) is 34.1 Å². The van der Waals surface area contributed by atoms with Crippen molar-refractivity contribution in [1.82, 2.24) is 9.13 Å². The summed E-state index contributed by atoms with van der Waals surface area (Å²) in [6.07, 6.45) is 0. The first-order valence-corrected chi connectivity index (χ1v) is 28.8. The van der Waals surface area contributed by atoms with Crippen molar-refractivity contribution >= 4 is 99.3 Å². The predicted molar refractivity (Wildman–Crippen MR) is 356 cm³/mol. The number of benzene rings is 14. The lowest BCUT2D eigenvalue weighted by atomic mass is 9.92. The number of rotatable bonds is 11. The van der Waals surface area contributed by atoms with Gasteiger partial charge in [0.2, 0.25) is 0 Å². The molecular weight excluding hydrogens is 1020 g/mol. The molecule has 2 aromatic heterocycles. The highest BCUT2D eigenvalue weighted by atomic mass is 15.2. The highest BCUT2D eigenvalue weighted by Crippen LogP contribution is 2.48. The molecule has 0 atom stereocenters. The van der Waals surface area contributed by atoms with Crippen LogP contribution in [0.15, 0.2) is 328 Å². The summed E-state index contributed by atoms with van der Waals surface area (Å²) >= 11 is 0. The zero-order chi connectivity index (χ0) is 55.5. The highest BCUT2D eigenvalue weighted by Gasteiger charge is 2.24. The van der Waals surface area contributed by atoms with Crippen LogP contribution < -0.4 is 9.80 Å². The molecule has 4 heteroatoms. The first kappa shape index (κ1) is 48.7. The number of hydrogen-bond donors (Lipinski definition) is 0. The standard InChI is InChI=1S/C80H54N4/c1-5-21-55(22-6-1)57-37-41-63(42-38-57)81(64-43-39-58(40-44-64)56-23-7-2-8-24-56)67-49-60(75-51-59-25-13-14-30-69(59)70-31-15-16-32-71(70)75)50-68(52-67)82(65-46-48-79-76(53-65)73-34-18-20-36-78(73)83(79)61-26-9-3-10-27-61)66-45-47-74-72-33-17-19-35-77(72)84(80(74)54-66)62-28-11-4-12-29-62/h1-54H. The maximum Gasteiger partial charge on any atom is 0.0561 e. The number of aromatic nitrogens is 2. The summed E-state index contributed by atoms with van der Waals surface area (Å²) in [5.41, 5.74) is 20.0. The fourth-order valence-electron chi connectivity index (χ4n) is 13.0. The van der Waals surface area contributed by atoms with Crippen LogP contribution in [0.25, 0.3) is 110 Å². The zero-order valence-electron chi connectivity index (χ0n) is 46.0. The molecule has 0 aliphatic heterocycles. The topological polar surface area (TPSA) is 16.3 Å². The lowest BCUT2D eigenvalue weighted by molar-refractivity contribution is 1.17. The summed E-state index contributed by atoms with van der Waals surface area (Å²) in [6, 6.07) is 120. The molecule has 84 heavy (non-hydrogen) atoms. The monoisotopic (exact) mass is 1070 g/mol. The molecule has 0 aliphatic rings. The summed E-state index contributed by atoms with van der Waals surface area (Å²) in [7, 11) is 0. The molecule has 0 unspecified atom stereocenters. The van der Waals surface area contributed by atoms with Crippen molar-refractivity contribution in [1.29, 1.82) is 0 Å². The van der Waals surface area contributed by atoms with Crippen LogP contribution in [0.2, 0.25) is 0 Å². The highest BCUT2D eigenvalue weighted by molar-refractivity contribution is 6.15. The van der Waals surface area contributed by atoms with Crippen LogP contribution in [-0.4, -0.2) is 9.13 Å². The van der Waals surface area contributed by atoms with E-state index in [4.69, 9.17) is 0 Å². The van der Waals surface area contributed by atoms with Crippen LogP contribution in [0.1, 0.15) is 0 Å². The largest absolute Gasteiger partial charge is 0.310 e. The van der Waals surface area contributed by atoms with Gasteiger partial charge >= 0.3 is 0 Å². The molecule has 394 valence electrons. The Bertz CT molecular complexity index is 5020. The average molecular weight is 1070 g/mol. The van der Waals surface area contributed by atoms with Gasteiger partial charge in [-0.15, -0.1) is 0 Å². The maximum absolute atomic E-state index is 2.49. The van der Waals surface area contributed by atoms with E-state index in [9.17, 15) is 0 Å². The molecule has 0 radical (unpaired) electrons. The molecule has 0 saturated heterocycles. The van der Waals surface area contributed by atoms with Crippen molar-refractivity contribution in [3.8, 4) is 44.8 Å². The number of anilines is 6. The average Bonchev–Trinajstić information content (AvgIpc) is 4.00. The van der Waals surface area contributed by atoms with E-state index >= 15 is 0 Å². The normalized spacial score (nSPS) is 11.6. The Labute approximate surface area is 487 Å². The van der Waals surface area contributed by atoms with Gasteiger partial charge in [-0.05, 0) is 170 Å². The molecule has 0 N–H and O–H groups in total. The molecule has 2 heterocycles. The summed E-state index contributed by atoms with van der Waals surface area (Å²) in [4.78, 5) is 4.93. The Morgan fingerprint density at radius 2 is 0.583 bits per heavy atom. The van der Waals surface area contributed by atoms with Gasteiger partial charge in [0.15, 0.2) is 0 Å². The molecular formula is C80H54N4. The molecule has 16 aromatic rings. The van der Waals surface area contributed by atoms with Gasteiger partial charge in [-0.3, -0.25) is 0 Å².